The van der Waals surface area contributed by atoms with Crippen LogP contribution in [-0.2, 0) is 0 Å². The number of carbonyl (C=O) groups is 2. The highest BCUT2D eigenvalue weighted by atomic mass is 16.2. The third-order valence-corrected chi connectivity index (χ3v) is 3.90. The highest BCUT2D eigenvalue weighted by Gasteiger charge is 2.33. The molecule has 18 heavy (non-hydrogen) atoms. The highest BCUT2D eigenvalue weighted by Crippen LogP contribution is 2.36. The molecule has 1 aliphatic carbocycles. The molecule has 1 atom stereocenters. The Hall–Kier alpha value is -1.96. The molecule has 2 heteroatoms. The maximum atomic E-state index is 12.2. The van der Waals surface area contributed by atoms with Crippen molar-refractivity contribution < 1.29 is 9.59 Å². The SMILES string of the molecule is CCC(C)c1ccc2cccc3c2c1C(=O)C3=O. The first-order chi connectivity index (χ1) is 8.65. The van der Waals surface area contributed by atoms with E-state index >= 15 is 0 Å². The molecule has 2 aromatic rings. The first-order valence-electron chi connectivity index (χ1n) is 6.29. The average Bonchev–Trinajstić information content (AvgIpc) is 2.66. The minimum absolute atomic E-state index is 0.298. The lowest BCUT2D eigenvalue weighted by atomic mass is 9.90. The molecular formula is C16H14O2. The van der Waals surface area contributed by atoms with Crippen LogP contribution in [0.25, 0.3) is 10.8 Å². The van der Waals surface area contributed by atoms with E-state index in [0.717, 1.165) is 22.8 Å². The van der Waals surface area contributed by atoms with Gasteiger partial charge in [0.1, 0.15) is 0 Å². The molecule has 0 aliphatic heterocycles. The molecule has 2 aromatic carbocycles. The van der Waals surface area contributed by atoms with Gasteiger partial charge in [-0.05, 0) is 23.3 Å². The van der Waals surface area contributed by atoms with Crippen molar-refractivity contribution in [3.63, 3.8) is 0 Å². The van der Waals surface area contributed by atoms with E-state index in [2.05, 4.69) is 13.8 Å². The molecular weight excluding hydrogens is 224 g/mol. The average molecular weight is 238 g/mol. The van der Waals surface area contributed by atoms with Gasteiger partial charge in [0.25, 0.3) is 0 Å². The van der Waals surface area contributed by atoms with E-state index in [-0.39, 0.29) is 11.6 Å². The van der Waals surface area contributed by atoms with Gasteiger partial charge in [0.2, 0.25) is 11.6 Å². The van der Waals surface area contributed by atoms with Crippen LogP contribution >= 0.6 is 0 Å². The summed E-state index contributed by atoms with van der Waals surface area (Å²) in [5.41, 5.74) is 2.22. The molecule has 0 spiro atoms. The second-order valence-corrected chi connectivity index (χ2v) is 4.90. The first kappa shape index (κ1) is 11.1. The summed E-state index contributed by atoms with van der Waals surface area (Å²) in [5.74, 6) is -0.393. The van der Waals surface area contributed by atoms with Gasteiger partial charge >= 0.3 is 0 Å². The van der Waals surface area contributed by atoms with Crippen molar-refractivity contribution >= 4 is 22.3 Å². The Kier molecular flexibility index (Phi) is 2.34. The van der Waals surface area contributed by atoms with Crippen molar-refractivity contribution in [2.75, 3.05) is 0 Å². The van der Waals surface area contributed by atoms with Gasteiger partial charge in [0, 0.05) is 16.5 Å². The molecule has 1 aliphatic rings. The van der Waals surface area contributed by atoms with Gasteiger partial charge in [-0.3, -0.25) is 9.59 Å². The number of hydrogen-bond acceptors (Lipinski definition) is 2. The zero-order chi connectivity index (χ0) is 12.9. The van der Waals surface area contributed by atoms with Crippen LogP contribution < -0.4 is 0 Å². The van der Waals surface area contributed by atoms with Gasteiger partial charge in [0.15, 0.2) is 0 Å². The number of benzene rings is 2. The van der Waals surface area contributed by atoms with Crippen molar-refractivity contribution in [3.05, 3.63) is 47.0 Å². The number of rotatable bonds is 2. The molecule has 0 aromatic heterocycles. The van der Waals surface area contributed by atoms with E-state index in [9.17, 15) is 9.59 Å². The van der Waals surface area contributed by atoms with Gasteiger partial charge in [-0.15, -0.1) is 0 Å². The fourth-order valence-corrected chi connectivity index (χ4v) is 2.70. The summed E-state index contributed by atoms with van der Waals surface area (Å²) < 4.78 is 0. The Morgan fingerprint density at radius 3 is 2.56 bits per heavy atom. The minimum Gasteiger partial charge on any atom is -0.285 e. The molecule has 90 valence electrons. The smallest absolute Gasteiger partial charge is 0.234 e. The summed E-state index contributed by atoms with van der Waals surface area (Å²) in [6.45, 7) is 4.19. The van der Waals surface area contributed by atoms with Crippen LogP contribution in [0.3, 0.4) is 0 Å². The van der Waals surface area contributed by atoms with Gasteiger partial charge in [-0.1, -0.05) is 44.2 Å². The van der Waals surface area contributed by atoms with Crippen LogP contribution in [0.1, 0.15) is 52.5 Å². The lowest BCUT2D eigenvalue weighted by molar-refractivity contribution is 0.0824. The highest BCUT2D eigenvalue weighted by molar-refractivity contribution is 6.57. The summed E-state index contributed by atoms with van der Waals surface area (Å²) in [6.07, 6.45) is 0.960. The molecule has 0 bridgehead atoms. The van der Waals surface area contributed by atoms with Crippen molar-refractivity contribution in [2.45, 2.75) is 26.2 Å². The fourth-order valence-electron chi connectivity index (χ4n) is 2.70. The molecule has 0 saturated carbocycles. The summed E-state index contributed by atoms with van der Waals surface area (Å²) in [5, 5.41) is 1.83. The van der Waals surface area contributed by atoms with Gasteiger partial charge in [-0.25, -0.2) is 0 Å². The number of carbonyl (C=O) groups excluding carboxylic acids is 2. The monoisotopic (exact) mass is 238 g/mol. The lowest BCUT2D eigenvalue weighted by Crippen LogP contribution is -2.09. The Morgan fingerprint density at radius 2 is 1.83 bits per heavy atom. The predicted molar refractivity (Wildman–Crippen MR) is 71.3 cm³/mol. The van der Waals surface area contributed by atoms with E-state index < -0.39 is 0 Å². The van der Waals surface area contributed by atoms with E-state index in [1.165, 1.54) is 0 Å². The molecule has 0 heterocycles. The van der Waals surface area contributed by atoms with Gasteiger partial charge in [-0.2, -0.15) is 0 Å². The van der Waals surface area contributed by atoms with E-state index in [1.54, 1.807) is 6.07 Å². The van der Waals surface area contributed by atoms with Crippen molar-refractivity contribution in [1.29, 1.82) is 0 Å². The maximum absolute atomic E-state index is 12.2. The largest absolute Gasteiger partial charge is 0.285 e. The molecule has 1 unspecified atom stereocenters. The molecule has 0 amide bonds. The fraction of sp³-hybridized carbons (Fsp3) is 0.250. The number of hydrogen-bond donors (Lipinski definition) is 0. The Bertz CT molecular complexity index is 683. The molecule has 0 fully saturated rings. The molecule has 0 N–H and O–H groups in total. The zero-order valence-electron chi connectivity index (χ0n) is 10.5. The Morgan fingerprint density at radius 1 is 1.06 bits per heavy atom. The topological polar surface area (TPSA) is 34.1 Å². The standard InChI is InChI=1S/C16H14O2/c1-3-9(2)11-8-7-10-5-4-6-12-13(10)14(11)16(18)15(12)17/h4-9H,3H2,1-2H3. The molecule has 2 nitrogen and oxygen atoms in total. The predicted octanol–water partition coefficient (Wildman–Crippen LogP) is 3.73. The molecule has 3 rings (SSSR count). The maximum Gasteiger partial charge on any atom is 0.234 e. The van der Waals surface area contributed by atoms with E-state index in [4.69, 9.17) is 0 Å². The van der Waals surface area contributed by atoms with Crippen LogP contribution in [0.15, 0.2) is 30.3 Å². The summed E-state index contributed by atoms with van der Waals surface area (Å²) in [4.78, 5) is 24.2. The first-order valence-corrected chi connectivity index (χ1v) is 6.29. The second-order valence-electron chi connectivity index (χ2n) is 4.90. The van der Waals surface area contributed by atoms with Crippen molar-refractivity contribution in [3.8, 4) is 0 Å². The van der Waals surface area contributed by atoms with Crippen LogP contribution in [0.4, 0.5) is 0 Å². The van der Waals surface area contributed by atoms with Crippen molar-refractivity contribution in [2.24, 2.45) is 0 Å². The normalized spacial score (nSPS) is 15.4. The number of ketones is 2. The van der Waals surface area contributed by atoms with Crippen LogP contribution in [0, 0.1) is 0 Å². The lowest BCUT2D eigenvalue weighted by Gasteiger charge is -2.13. The minimum atomic E-state index is -0.355. The van der Waals surface area contributed by atoms with Crippen LogP contribution in [-0.4, -0.2) is 11.6 Å². The Balaban J connectivity index is 2.43. The van der Waals surface area contributed by atoms with E-state index in [0.29, 0.717) is 17.0 Å². The van der Waals surface area contributed by atoms with Crippen LogP contribution in [0.5, 0.6) is 0 Å². The van der Waals surface area contributed by atoms with Crippen LogP contribution in [0.2, 0.25) is 0 Å². The molecule has 0 saturated heterocycles. The summed E-state index contributed by atoms with van der Waals surface area (Å²) in [6, 6.07) is 9.54. The third-order valence-electron chi connectivity index (χ3n) is 3.90. The third kappa shape index (κ3) is 1.29. The Labute approximate surface area is 106 Å². The number of Topliss-reactive ketones (excluding diaryl/α,β-unsaturated/α-hetero) is 2. The van der Waals surface area contributed by atoms with Gasteiger partial charge < -0.3 is 0 Å². The van der Waals surface area contributed by atoms with E-state index in [1.807, 2.05) is 24.3 Å². The zero-order valence-corrected chi connectivity index (χ0v) is 10.5. The second kappa shape index (κ2) is 3.77. The summed E-state index contributed by atoms with van der Waals surface area (Å²) >= 11 is 0. The van der Waals surface area contributed by atoms with Crippen molar-refractivity contribution in [1.82, 2.24) is 0 Å². The van der Waals surface area contributed by atoms with Gasteiger partial charge in [0.05, 0.1) is 0 Å². The quantitative estimate of drug-likeness (QED) is 0.747. The summed E-state index contributed by atoms with van der Waals surface area (Å²) in [7, 11) is 0. The molecule has 0 radical (unpaired) electrons.